The Morgan fingerprint density at radius 3 is 1.74 bits per heavy atom. The van der Waals surface area contributed by atoms with Crippen molar-refractivity contribution in [2.45, 2.75) is 38.3 Å². The summed E-state index contributed by atoms with van der Waals surface area (Å²) >= 11 is 0. The van der Waals surface area contributed by atoms with Gasteiger partial charge in [-0.15, -0.1) is 0 Å². The van der Waals surface area contributed by atoms with Crippen molar-refractivity contribution < 1.29 is 13.2 Å². The summed E-state index contributed by atoms with van der Waals surface area (Å²) in [4.78, 5) is 0. The van der Waals surface area contributed by atoms with E-state index in [1.54, 1.807) is 24.3 Å². The van der Waals surface area contributed by atoms with Gasteiger partial charge in [0, 0.05) is 0 Å². The normalized spacial score (nSPS) is 11.4. The maximum absolute atomic E-state index is 12.3. The maximum atomic E-state index is 12.3. The lowest BCUT2D eigenvalue weighted by Gasteiger charge is -2.09. The Kier molecular flexibility index (Phi) is 6.03. The summed E-state index contributed by atoms with van der Waals surface area (Å²) in [6.07, 6.45) is -1.41. The zero-order valence-corrected chi connectivity index (χ0v) is 13.1. The first-order chi connectivity index (χ1) is 10.9. The van der Waals surface area contributed by atoms with Crippen molar-refractivity contribution in [2.24, 2.45) is 0 Å². The molecule has 3 heteroatoms. The molecule has 0 aliphatic rings. The highest BCUT2D eigenvalue weighted by Gasteiger charge is 2.27. The minimum atomic E-state index is -4.15. The van der Waals surface area contributed by atoms with E-state index < -0.39 is 12.6 Å². The molecule has 122 valence electrons. The second-order valence-corrected chi connectivity index (χ2v) is 5.84. The van der Waals surface area contributed by atoms with Crippen molar-refractivity contribution in [1.29, 1.82) is 0 Å². The first-order valence-corrected chi connectivity index (χ1v) is 7.77. The minimum Gasteiger partial charge on any atom is -0.171 e. The van der Waals surface area contributed by atoms with Crippen molar-refractivity contribution in [3.05, 3.63) is 83.4 Å². The number of hydrogen-bond acceptors (Lipinski definition) is 0. The van der Waals surface area contributed by atoms with E-state index in [1.165, 1.54) is 11.1 Å². The molecular weight excluding hydrogens is 297 g/mol. The first kappa shape index (κ1) is 17.3. The number of hydrogen-bond donors (Lipinski definition) is 0. The summed E-state index contributed by atoms with van der Waals surface area (Å²) in [5, 5.41) is 0. The van der Waals surface area contributed by atoms with Crippen molar-refractivity contribution in [2.75, 3.05) is 0 Å². The molecule has 0 radical (unpaired) electrons. The predicted octanol–water partition coefficient (Wildman–Crippen LogP) is 5.91. The van der Waals surface area contributed by atoms with E-state index in [0.717, 1.165) is 31.2 Å². The molecule has 0 aliphatic heterocycles. The van der Waals surface area contributed by atoms with Gasteiger partial charge >= 0.3 is 6.18 Å². The van der Waals surface area contributed by atoms with Crippen molar-refractivity contribution in [3.8, 4) is 0 Å². The second kappa shape index (κ2) is 8.00. The predicted molar refractivity (Wildman–Crippen MR) is 88.4 cm³/mol. The van der Waals surface area contributed by atoms with Gasteiger partial charge in [-0.2, -0.15) is 13.2 Å². The van der Waals surface area contributed by atoms with Crippen molar-refractivity contribution in [1.82, 2.24) is 0 Å². The van der Waals surface area contributed by atoms with Crippen LogP contribution in [0, 0.1) is 0 Å². The molecular formula is C20H21F3. The van der Waals surface area contributed by atoms with Gasteiger partial charge in [0.1, 0.15) is 0 Å². The van der Waals surface area contributed by atoms with Gasteiger partial charge in [-0.1, -0.05) is 66.7 Å². The fourth-order valence-corrected chi connectivity index (χ4v) is 2.47. The largest absolute Gasteiger partial charge is 0.393 e. The smallest absolute Gasteiger partial charge is 0.171 e. The van der Waals surface area contributed by atoms with Gasteiger partial charge < -0.3 is 0 Å². The third kappa shape index (κ3) is 6.72. The quantitative estimate of drug-likeness (QED) is 0.556. The Balaban J connectivity index is 1.76. The summed E-state index contributed by atoms with van der Waals surface area (Å²) in [7, 11) is 0. The minimum absolute atomic E-state index is 0.309. The molecule has 0 saturated heterocycles. The Bertz CT molecular complexity index is 610. The summed E-state index contributed by atoms with van der Waals surface area (Å²) in [5.74, 6) is 0. The molecule has 0 aromatic heterocycles. The molecule has 2 rings (SSSR count). The van der Waals surface area contributed by atoms with Crippen LogP contribution in [0.1, 0.15) is 29.5 Å². The van der Waals surface area contributed by atoms with Crippen LogP contribution in [0.25, 0.3) is 0 Å². The van der Waals surface area contributed by atoms with Crippen LogP contribution >= 0.6 is 0 Å². The SMILES string of the molecule is C=C(CCc1ccccc1)CCc1ccc(CC(F)(F)F)cc1. The molecule has 0 amide bonds. The lowest BCUT2D eigenvalue weighted by molar-refractivity contribution is -0.127. The van der Waals surface area contributed by atoms with Crippen LogP contribution in [0.15, 0.2) is 66.7 Å². The third-order valence-electron chi connectivity index (χ3n) is 3.80. The first-order valence-electron chi connectivity index (χ1n) is 7.77. The Morgan fingerprint density at radius 1 is 0.739 bits per heavy atom. The molecule has 2 aromatic rings. The van der Waals surface area contributed by atoms with E-state index in [1.807, 2.05) is 18.2 Å². The zero-order valence-electron chi connectivity index (χ0n) is 13.1. The molecule has 0 aliphatic carbocycles. The Morgan fingerprint density at radius 2 is 1.22 bits per heavy atom. The van der Waals surface area contributed by atoms with E-state index in [9.17, 15) is 13.2 Å². The molecule has 23 heavy (non-hydrogen) atoms. The monoisotopic (exact) mass is 318 g/mol. The standard InChI is InChI=1S/C20H21F3/c1-16(7-9-17-5-3-2-4-6-17)8-10-18-11-13-19(14-12-18)15-20(21,22)23/h2-6,11-14H,1,7-10,15H2. The van der Waals surface area contributed by atoms with E-state index in [-0.39, 0.29) is 0 Å². The molecule has 0 fully saturated rings. The van der Waals surface area contributed by atoms with Gasteiger partial charge in [0.15, 0.2) is 0 Å². The number of rotatable bonds is 7. The molecule has 0 unspecified atom stereocenters. The van der Waals surface area contributed by atoms with Gasteiger partial charge in [-0.3, -0.25) is 0 Å². The Hall–Kier alpha value is -2.03. The number of alkyl halides is 3. The van der Waals surface area contributed by atoms with Crippen molar-refractivity contribution >= 4 is 0 Å². The van der Waals surface area contributed by atoms with Gasteiger partial charge in [-0.05, 0) is 42.4 Å². The second-order valence-electron chi connectivity index (χ2n) is 5.84. The topological polar surface area (TPSA) is 0 Å². The molecule has 0 spiro atoms. The van der Waals surface area contributed by atoms with Crippen LogP contribution < -0.4 is 0 Å². The zero-order chi connectivity index (χ0) is 16.7. The van der Waals surface area contributed by atoms with Crippen molar-refractivity contribution in [3.63, 3.8) is 0 Å². The fraction of sp³-hybridized carbons (Fsp3) is 0.300. The van der Waals surface area contributed by atoms with Crippen LogP contribution in [0.4, 0.5) is 13.2 Å². The molecule has 0 bridgehead atoms. The summed E-state index contributed by atoms with van der Waals surface area (Å²) < 4.78 is 36.9. The van der Waals surface area contributed by atoms with Crippen LogP contribution in [-0.2, 0) is 19.3 Å². The maximum Gasteiger partial charge on any atom is 0.393 e. The highest BCUT2D eigenvalue weighted by atomic mass is 19.4. The van der Waals surface area contributed by atoms with E-state index in [2.05, 4.69) is 18.7 Å². The van der Waals surface area contributed by atoms with E-state index in [0.29, 0.717) is 5.56 Å². The fourth-order valence-electron chi connectivity index (χ4n) is 2.47. The van der Waals surface area contributed by atoms with Gasteiger partial charge in [0.05, 0.1) is 6.42 Å². The van der Waals surface area contributed by atoms with Gasteiger partial charge in [0.2, 0.25) is 0 Å². The molecule has 2 aromatic carbocycles. The van der Waals surface area contributed by atoms with Crippen LogP contribution in [0.3, 0.4) is 0 Å². The third-order valence-corrected chi connectivity index (χ3v) is 3.80. The van der Waals surface area contributed by atoms with E-state index in [4.69, 9.17) is 0 Å². The highest BCUT2D eigenvalue weighted by Crippen LogP contribution is 2.22. The highest BCUT2D eigenvalue weighted by molar-refractivity contribution is 5.24. The molecule has 0 N–H and O–H groups in total. The number of aryl methyl sites for hydroxylation is 2. The summed E-state index contributed by atoms with van der Waals surface area (Å²) in [6, 6.07) is 17.0. The average molecular weight is 318 g/mol. The van der Waals surface area contributed by atoms with Gasteiger partial charge in [-0.25, -0.2) is 0 Å². The van der Waals surface area contributed by atoms with Crippen LogP contribution in [0.2, 0.25) is 0 Å². The average Bonchev–Trinajstić information content (AvgIpc) is 2.52. The molecule has 0 nitrogen and oxygen atoms in total. The summed E-state index contributed by atoms with van der Waals surface area (Å²) in [5.41, 5.74) is 3.83. The van der Waals surface area contributed by atoms with Crippen LogP contribution in [-0.4, -0.2) is 6.18 Å². The molecule has 0 atom stereocenters. The van der Waals surface area contributed by atoms with Crippen LogP contribution in [0.5, 0.6) is 0 Å². The number of benzene rings is 2. The number of allylic oxidation sites excluding steroid dienone is 1. The van der Waals surface area contributed by atoms with E-state index >= 15 is 0 Å². The Labute approximate surface area is 135 Å². The number of halogens is 3. The summed E-state index contributed by atoms with van der Waals surface area (Å²) in [6.45, 7) is 4.10. The lowest BCUT2D eigenvalue weighted by atomic mass is 9.99. The lowest BCUT2D eigenvalue weighted by Crippen LogP contribution is -2.11. The molecule has 0 heterocycles. The molecule has 0 saturated carbocycles. The van der Waals surface area contributed by atoms with Gasteiger partial charge in [0.25, 0.3) is 0 Å².